The van der Waals surface area contributed by atoms with Crippen molar-refractivity contribution in [1.82, 2.24) is 9.03 Å². The van der Waals surface area contributed by atoms with E-state index in [1.54, 1.807) is 0 Å². The first kappa shape index (κ1) is 15.4. The molecule has 1 rings (SSSR count). The van der Waals surface area contributed by atoms with Gasteiger partial charge < -0.3 is 4.74 Å². The van der Waals surface area contributed by atoms with Crippen molar-refractivity contribution in [3.05, 3.63) is 0 Å². The lowest BCUT2D eigenvalue weighted by Crippen LogP contribution is -2.51. The van der Waals surface area contributed by atoms with Gasteiger partial charge in [-0.2, -0.15) is 17.4 Å². The van der Waals surface area contributed by atoms with E-state index in [0.29, 0.717) is 24.9 Å². The molecule has 0 amide bonds. The first-order valence-corrected chi connectivity index (χ1v) is 7.55. The maximum Gasteiger partial charge on any atom is 0.323 e. The monoisotopic (exact) mass is 278 g/mol. The van der Waals surface area contributed by atoms with Crippen LogP contribution < -0.4 is 4.72 Å². The topological polar surface area (TPSA) is 75.7 Å². The minimum atomic E-state index is -3.62. The van der Waals surface area contributed by atoms with Crippen molar-refractivity contribution in [1.29, 1.82) is 0 Å². The number of hydrogen-bond donors (Lipinski definition) is 1. The SMILES string of the molecule is COC(=O)[C@H](C)NS(=O)(=O)N1CC(C)CC(C)C1. The van der Waals surface area contributed by atoms with Gasteiger partial charge in [0.1, 0.15) is 6.04 Å². The van der Waals surface area contributed by atoms with Crippen LogP contribution in [0.25, 0.3) is 0 Å². The molecule has 1 fully saturated rings. The van der Waals surface area contributed by atoms with Crippen LogP contribution in [0.5, 0.6) is 0 Å². The molecule has 0 aliphatic carbocycles. The highest BCUT2D eigenvalue weighted by Gasteiger charge is 2.32. The van der Waals surface area contributed by atoms with E-state index in [4.69, 9.17) is 0 Å². The average Bonchev–Trinajstić information content (AvgIpc) is 2.26. The standard InChI is InChI=1S/C11H22N2O4S/c1-8-5-9(2)7-13(6-8)18(15,16)12-10(3)11(14)17-4/h8-10,12H,5-7H2,1-4H3/t8?,9?,10-/m0/s1. The molecule has 0 saturated carbocycles. The molecular formula is C11H22N2O4S. The van der Waals surface area contributed by atoms with Crippen LogP contribution in [0.1, 0.15) is 27.2 Å². The van der Waals surface area contributed by atoms with Gasteiger partial charge in [0, 0.05) is 13.1 Å². The van der Waals surface area contributed by atoms with E-state index in [1.165, 1.54) is 18.3 Å². The first-order chi connectivity index (χ1) is 8.26. The number of esters is 1. The van der Waals surface area contributed by atoms with E-state index in [-0.39, 0.29) is 0 Å². The molecule has 18 heavy (non-hydrogen) atoms. The fourth-order valence-corrected chi connectivity index (χ4v) is 3.92. The Morgan fingerprint density at radius 2 is 1.83 bits per heavy atom. The third kappa shape index (κ3) is 3.93. The highest BCUT2D eigenvalue weighted by molar-refractivity contribution is 7.87. The molecule has 0 aromatic rings. The molecule has 1 aliphatic heterocycles. The predicted octanol–water partition coefficient (Wildman–Crippen LogP) is 0.360. The Labute approximate surface area is 109 Å². The van der Waals surface area contributed by atoms with Crippen molar-refractivity contribution >= 4 is 16.2 Å². The number of carbonyl (C=O) groups excluding carboxylic acids is 1. The molecule has 0 radical (unpaired) electrons. The third-order valence-electron chi connectivity index (χ3n) is 3.06. The van der Waals surface area contributed by atoms with Gasteiger partial charge in [0.2, 0.25) is 0 Å². The molecule has 1 N–H and O–H groups in total. The summed E-state index contributed by atoms with van der Waals surface area (Å²) in [6.07, 6.45) is 1.03. The van der Waals surface area contributed by atoms with Crippen molar-refractivity contribution in [2.75, 3.05) is 20.2 Å². The van der Waals surface area contributed by atoms with E-state index in [2.05, 4.69) is 9.46 Å². The number of methoxy groups -OCH3 is 1. The summed E-state index contributed by atoms with van der Waals surface area (Å²) < 4.78 is 32.5. The summed E-state index contributed by atoms with van der Waals surface area (Å²) in [7, 11) is -2.39. The maximum absolute atomic E-state index is 12.1. The van der Waals surface area contributed by atoms with Gasteiger partial charge in [-0.3, -0.25) is 4.79 Å². The number of ether oxygens (including phenoxy) is 1. The van der Waals surface area contributed by atoms with Crippen LogP contribution in [-0.2, 0) is 19.7 Å². The van der Waals surface area contributed by atoms with Crippen LogP contribution in [0.3, 0.4) is 0 Å². The number of piperidine rings is 1. The fraction of sp³-hybridized carbons (Fsp3) is 0.909. The fourth-order valence-electron chi connectivity index (χ4n) is 2.32. The third-order valence-corrected chi connectivity index (χ3v) is 4.69. The van der Waals surface area contributed by atoms with Gasteiger partial charge in [0.25, 0.3) is 10.2 Å². The van der Waals surface area contributed by atoms with Crippen LogP contribution in [-0.4, -0.2) is 44.9 Å². The van der Waals surface area contributed by atoms with Crippen LogP contribution in [0.15, 0.2) is 0 Å². The second-order valence-electron chi connectivity index (χ2n) is 5.13. The van der Waals surface area contributed by atoms with Gasteiger partial charge in [-0.25, -0.2) is 0 Å². The van der Waals surface area contributed by atoms with Gasteiger partial charge >= 0.3 is 5.97 Å². The van der Waals surface area contributed by atoms with E-state index in [0.717, 1.165) is 6.42 Å². The van der Waals surface area contributed by atoms with Gasteiger partial charge in [-0.15, -0.1) is 0 Å². The number of hydrogen-bond acceptors (Lipinski definition) is 4. The molecule has 0 aromatic heterocycles. The molecule has 1 heterocycles. The molecule has 1 saturated heterocycles. The summed E-state index contributed by atoms with van der Waals surface area (Å²) in [4.78, 5) is 11.2. The minimum Gasteiger partial charge on any atom is -0.468 e. The largest absolute Gasteiger partial charge is 0.468 e. The normalized spacial score (nSPS) is 27.8. The Morgan fingerprint density at radius 3 is 2.28 bits per heavy atom. The molecule has 0 spiro atoms. The first-order valence-electron chi connectivity index (χ1n) is 6.11. The molecule has 1 aliphatic rings. The summed E-state index contributed by atoms with van der Waals surface area (Å²) in [5.41, 5.74) is 0. The molecule has 106 valence electrons. The van der Waals surface area contributed by atoms with E-state index < -0.39 is 22.2 Å². The number of carbonyl (C=O) groups is 1. The minimum absolute atomic E-state index is 0.332. The number of nitrogens with zero attached hydrogens (tertiary/aromatic N) is 1. The molecule has 7 heteroatoms. The molecule has 0 aromatic carbocycles. The maximum atomic E-state index is 12.1. The highest BCUT2D eigenvalue weighted by atomic mass is 32.2. The van der Waals surface area contributed by atoms with Crippen molar-refractivity contribution < 1.29 is 17.9 Å². The Hall–Kier alpha value is -0.660. The zero-order valence-electron chi connectivity index (χ0n) is 11.3. The van der Waals surface area contributed by atoms with Gasteiger partial charge in [-0.05, 0) is 25.2 Å². The van der Waals surface area contributed by atoms with Gasteiger partial charge in [0.05, 0.1) is 7.11 Å². The van der Waals surface area contributed by atoms with E-state index >= 15 is 0 Å². The van der Waals surface area contributed by atoms with E-state index in [9.17, 15) is 13.2 Å². The predicted molar refractivity (Wildman–Crippen MR) is 68.1 cm³/mol. The lowest BCUT2D eigenvalue weighted by atomic mass is 9.94. The molecule has 6 nitrogen and oxygen atoms in total. The van der Waals surface area contributed by atoms with Gasteiger partial charge in [0.15, 0.2) is 0 Å². The van der Waals surface area contributed by atoms with Crippen LogP contribution in [0.2, 0.25) is 0 Å². The second-order valence-corrected chi connectivity index (χ2v) is 6.83. The second kappa shape index (κ2) is 5.99. The van der Waals surface area contributed by atoms with Crippen molar-refractivity contribution in [3.8, 4) is 0 Å². The lowest BCUT2D eigenvalue weighted by molar-refractivity contribution is -0.142. The lowest BCUT2D eigenvalue weighted by Gasteiger charge is -2.34. The Morgan fingerprint density at radius 1 is 1.33 bits per heavy atom. The Bertz CT molecular complexity index is 386. The van der Waals surface area contributed by atoms with Crippen LogP contribution >= 0.6 is 0 Å². The summed E-state index contributed by atoms with van der Waals surface area (Å²) in [6.45, 7) is 6.52. The number of rotatable bonds is 4. The summed E-state index contributed by atoms with van der Waals surface area (Å²) in [5, 5.41) is 0. The number of nitrogens with one attached hydrogen (secondary N) is 1. The molecular weight excluding hydrogens is 256 g/mol. The average molecular weight is 278 g/mol. The van der Waals surface area contributed by atoms with Crippen LogP contribution in [0, 0.1) is 11.8 Å². The molecule has 3 atom stereocenters. The Balaban J connectivity index is 2.71. The zero-order valence-corrected chi connectivity index (χ0v) is 12.2. The summed E-state index contributed by atoms with van der Waals surface area (Å²) >= 11 is 0. The quantitative estimate of drug-likeness (QED) is 0.753. The van der Waals surface area contributed by atoms with Crippen molar-refractivity contribution in [2.24, 2.45) is 11.8 Å². The zero-order chi connectivity index (χ0) is 13.9. The smallest absolute Gasteiger partial charge is 0.323 e. The summed E-state index contributed by atoms with van der Waals surface area (Å²) in [6, 6.07) is -0.868. The van der Waals surface area contributed by atoms with Crippen LogP contribution in [0.4, 0.5) is 0 Å². The van der Waals surface area contributed by atoms with Crippen molar-refractivity contribution in [2.45, 2.75) is 33.2 Å². The van der Waals surface area contributed by atoms with Crippen molar-refractivity contribution in [3.63, 3.8) is 0 Å². The summed E-state index contributed by atoms with van der Waals surface area (Å²) in [5.74, 6) is 0.0780. The Kier molecular flexibility index (Phi) is 5.12. The molecule has 2 unspecified atom stereocenters. The van der Waals surface area contributed by atoms with E-state index in [1.807, 2.05) is 13.8 Å². The molecule has 0 bridgehead atoms. The highest BCUT2D eigenvalue weighted by Crippen LogP contribution is 2.22. The van der Waals surface area contributed by atoms with Gasteiger partial charge in [-0.1, -0.05) is 13.8 Å².